The number of aryl methyl sites for hydroxylation is 3. The van der Waals surface area contributed by atoms with Crippen LogP contribution >= 0.6 is 0 Å². The summed E-state index contributed by atoms with van der Waals surface area (Å²) in [6.45, 7) is 10.3. The summed E-state index contributed by atoms with van der Waals surface area (Å²) < 4.78 is 0. The van der Waals surface area contributed by atoms with Crippen molar-refractivity contribution in [2.45, 2.75) is 41.0 Å². The van der Waals surface area contributed by atoms with Gasteiger partial charge < -0.3 is 0 Å². The third-order valence-electron chi connectivity index (χ3n) is 2.76. The average Bonchev–Trinajstić information content (AvgIpc) is 2.11. The highest BCUT2D eigenvalue weighted by Crippen LogP contribution is 2.26. The molecule has 1 heteroatoms. The van der Waals surface area contributed by atoms with E-state index >= 15 is 0 Å². The lowest BCUT2D eigenvalue weighted by atomic mass is 9.83. The zero-order valence-electron chi connectivity index (χ0n) is 10.3. The highest BCUT2D eigenvalue weighted by Gasteiger charge is 2.19. The van der Waals surface area contributed by atoms with Crippen LogP contribution in [0.25, 0.3) is 0 Å². The molecule has 0 unspecified atom stereocenters. The van der Waals surface area contributed by atoms with Crippen LogP contribution in [-0.2, 0) is 6.42 Å². The molecule has 0 saturated carbocycles. The van der Waals surface area contributed by atoms with Gasteiger partial charge in [0.25, 0.3) is 0 Å². The maximum absolute atomic E-state index is 9.04. The van der Waals surface area contributed by atoms with E-state index in [2.05, 4.69) is 39.0 Å². The molecule has 15 heavy (non-hydrogen) atoms. The molecule has 0 N–H and O–H groups in total. The number of rotatable bonds is 2. The fourth-order valence-corrected chi connectivity index (χ4v) is 1.97. The first-order valence-electron chi connectivity index (χ1n) is 5.34. The lowest BCUT2D eigenvalue weighted by Crippen LogP contribution is -2.13. The molecule has 0 atom stereocenters. The molecule has 0 fully saturated rings. The Balaban J connectivity index is 3.12. The molecular formula is C14H19N. The third-order valence-corrected chi connectivity index (χ3v) is 2.76. The Morgan fingerprint density at radius 1 is 1.13 bits per heavy atom. The van der Waals surface area contributed by atoms with Crippen molar-refractivity contribution in [2.24, 2.45) is 5.41 Å². The van der Waals surface area contributed by atoms with Gasteiger partial charge >= 0.3 is 0 Å². The van der Waals surface area contributed by atoms with Gasteiger partial charge in [-0.25, -0.2) is 0 Å². The van der Waals surface area contributed by atoms with Crippen molar-refractivity contribution < 1.29 is 0 Å². The van der Waals surface area contributed by atoms with Gasteiger partial charge in [-0.05, 0) is 57.7 Å². The van der Waals surface area contributed by atoms with Crippen LogP contribution in [0.5, 0.6) is 0 Å². The molecule has 1 nitrogen and oxygen atoms in total. The minimum absolute atomic E-state index is 0.273. The van der Waals surface area contributed by atoms with E-state index in [4.69, 9.17) is 5.26 Å². The summed E-state index contributed by atoms with van der Waals surface area (Å²) in [7, 11) is 0. The highest BCUT2D eigenvalue weighted by atomic mass is 14.3. The Morgan fingerprint density at radius 3 is 2.00 bits per heavy atom. The summed E-state index contributed by atoms with van der Waals surface area (Å²) >= 11 is 0. The standard InChI is InChI=1S/C14H19N/c1-10-6-11(2)13(12(3)7-10)8-14(4,5)9-15/h6-7H,8H2,1-5H3. The first-order chi connectivity index (χ1) is 6.85. The topological polar surface area (TPSA) is 23.8 Å². The molecule has 0 saturated heterocycles. The first-order valence-corrected chi connectivity index (χ1v) is 5.34. The van der Waals surface area contributed by atoms with E-state index in [0.717, 1.165) is 6.42 Å². The van der Waals surface area contributed by atoms with Crippen molar-refractivity contribution in [3.05, 3.63) is 34.4 Å². The smallest absolute Gasteiger partial charge is 0.0687 e. The van der Waals surface area contributed by atoms with Gasteiger partial charge in [0.2, 0.25) is 0 Å². The predicted molar refractivity (Wildman–Crippen MR) is 63.8 cm³/mol. The summed E-state index contributed by atoms with van der Waals surface area (Å²) in [5.74, 6) is 0. The van der Waals surface area contributed by atoms with E-state index in [-0.39, 0.29) is 5.41 Å². The minimum atomic E-state index is -0.273. The molecule has 0 aliphatic carbocycles. The van der Waals surface area contributed by atoms with Crippen LogP contribution in [0.1, 0.15) is 36.1 Å². The predicted octanol–water partition coefficient (Wildman–Crippen LogP) is 3.70. The molecule has 80 valence electrons. The zero-order valence-corrected chi connectivity index (χ0v) is 10.3. The van der Waals surface area contributed by atoms with Crippen molar-refractivity contribution in [1.29, 1.82) is 5.26 Å². The molecule has 0 radical (unpaired) electrons. The molecular weight excluding hydrogens is 182 g/mol. The molecule has 0 heterocycles. The van der Waals surface area contributed by atoms with Crippen LogP contribution in [0.3, 0.4) is 0 Å². The Morgan fingerprint density at radius 2 is 1.60 bits per heavy atom. The normalized spacial score (nSPS) is 11.2. The van der Waals surface area contributed by atoms with E-state index in [0.29, 0.717) is 0 Å². The fourth-order valence-electron chi connectivity index (χ4n) is 1.97. The van der Waals surface area contributed by atoms with Gasteiger partial charge in [0.1, 0.15) is 0 Å². The summed E-state index contributed by atoms with van der Waals surface area (Å²) in [4.78, 5) is 0. The van der Waals surface area contributed by atoms with E-state index in [1.54, 1.807) is 0 Å². The molecule has 1 aromatic carbocycles. The van der Waals surface area contributed by atoms with Crippen LogP contribution in [-0.4, -0.2) is 0 Å². The van der Waals surface area contributed by atoms with Crippen LogP contribution in [0.2, 0.25) is 0 Å². The fraction of sp³-hybridized carbons (Fsp3) is 0.500. The first kappa shape index (κ1) is 11.8. The third kappa shape index (κ3) is 2.83. The van der Waals surface area contributed by atoms with Gasteiger partial charge in [-0.15, -0.1) is 0 Å². The van der Waals surface area contributed by atoms with E-state index in [1.165, 1.54) is 22.3 Å². The van der Waals surface area contributed by atoms with Crippen molar-refractivity contribution in [1.82, 2.24) is 0 Å². The Labute approximate surface area is 92.7 Å². The Hall–Kier alpha value is -1.29. The van der Waals surface area contributed by atoms with Gasteiger partial charge in [-0.1, -0.05) is 17.7 Å². The van der Waals surface area contributed by atoms with Gasteiger partial charge in [0.05, 0.1) is 11.5 Å². The quantitative estimate of drug-likeness (QED) is 0.715. The van der Waals surface area contributed by atoms with Crippen LogP contribution in [0.15, 0.2) is 12.1 Å². The maximum Gasteiger partial charge on any atom is 0.0687 e. The summed E-state index contributed by atoms with van der Waals surface area (Å²) in [6, 6.07) is 6.74. The van der Waals surface area contributed by atoms with E-state index in [1.807, 2.05) is 13.8 Å². The van der Waals surface area contributed by atoms with Gasteiger partial charge in [0.15, 0.2) is 0 Å². The van der Waals surface area contributed by atoms with Crippen molar-refractivity contribution >= 4 is 0 Å². The van der Waals surface area contributed by atoms with Crippen molar-refractivity contribution in [2.75, 3.05) is 0 Å². The number of hydrogen-bond acceptors (Lipinski definition) is 1. The molecule has 1 rings (SSSR count). The Bertz CT molecular complexity index is 385. The zero-order chi connectivity index (χ0) is 11.6. The van der Waals surface area contributed by atoms with Crippen molar-refractivity contribution in [3.63, 3.8) is 0 Å². The molecule has 0 spiro atoms. The van der Waals surface area contributed by atoms with Gasteiger partial charge in [-0.3, -0.25) is 0 Å². The summed E-state index contributed by atoms with van der Waals surface area (Å²) in [5, 5.41) is 9.04. The molecule has 0 amide bonds. The second-order valence-electron chi connectivity index (χ2n) is 5.05. The SMILES string of the molecule is Cc1cc(C)c(CC(C)(C)C#N)c(C)c1. The second kappa shape index (κ2) is 4.06. The maximum atomic E-state index is 9.04. The second-order valence-corrected chi connectivity index (χ2v) is 5.05. The average molecular weight is 201 g/mol. The van der Waals surface area contributed by atoms with Gasteiger partial charge in [-0.2, -0.15) is 5.26 Å². The number of nitriles is 1. The molecule has 0 aliphatic heterocycles. The molecule has 1 aromatic rings. The highest BCUT2D eigenvalue weighted by molar-refractivity contribution is 5.38. The van der Waals surface area contributed by atoms with Gasteiger partial charge in [0, 0.05) is 0 Å². The lowest BCUT2D eigenvalue weighted by Gasteiger charge is -2.19. The molecule has 0 bridgehead atoms. The monoisotopic (exact) mass is 201 g/mol. The number of benzene rings is 1. The Kier molecular flexibility index (Phi) is 3.19. The summed E-state index contributed by atoms with van der Waals surface area (Å²) in [6.07, 6.45) is 0.835. The summed E-state index contributed by atoms with van der Waals surface area (Å²) in [5.41, 5.74) is 4.95. The lowest BCUT2D eigenvalue weighted by molar-refractivity contribution is 0.491. The van der Waals surface area contributed by atoms with Crippen molar-refractivity contribution in [3.8, 4) is 6.07 Å². The van der Waals surface area contributed by atoms with E-state index in [9.17, 15) is 0 Å². The van der Waals surface area contributed by atoms with Crippen LogP contribution in [0, 0.1) is 37.5 Å². The number of nitrogens with zero attached hydrogens (tertiary/aromatic N) is 1. The minimum Gasteiger partial charge on any atom is -0.198 e. The van der Waals surface area contributed by atoms with E-state index < -0.39 is 0 Å². The van der Waals surface area contributed by atoms with Crippen LogP contribution < -0.4 is 0 Å². The van der Waals surface area contributed by atoms with Crippen LogP contribution in [0.4, 0.5) is 0 Å². The molecule has 0 aliphatic rings. The molecule has 0 aromatic heterocycles. The number of hydrogen-bond donors (Lipinski definition) is 0. The largest absolute Gasteiger partial charge is 0.198 e.